The maximum absolute atomic E-state index is 14.6. The Balaban J connectivity index is 1.13. The lowest BCUT2D eigenvalue weighted by Gasteiger charge is -2.63. The summed E-state index contributed by atoms with van der Waals surface area (Å²) in [6, 6.07) is 10.7. The van der Waals surface area contributed by atoms with Crippen molar-refractivity contribution in [3.05, 3.63) is 82.6 Å². The molecule has 74 heavy (non-hydrogen) atoms. The van der Waals surface area contributed by atoms with Crippen LogP contribution in [0, 0.1) is 17.3 Å². The maximum atomic E-state index is 14.6. The van der Waals surface area contributed by atoms with E-state index in [2.05, 4.69) is 93.5 Å². The first kappa shape index (κ1) is 52.2. The Bertz CT molecular complexity index is 2740. The third kappa shape index (κ3) is 7.85. The molecule has 1 amide bonds. The number of para-hydroxylation sites is 1. The molecule has 2 bridgehead atoms. The van der Waals surface area contributed by atoms with E-state index in [9.17, 15) is 24.3 Å². The van der Waals surface area contributed by atoms with Gasteiger partial charge in [-0.15, -0.1) is 0 Å². The van der Waals surface area contributed by atoms with Crippen molar-refractivity contribution in [2.75, 3.05) is 79.7 Å². The number of aromatic nitrogens is 1. The van der Waals surface area contributed by atoms with Gasteiger partial charge in [0.1, 0.15) is 17.9 Å². The predicted octanol–water partition coefficient (Wildman–Crippen LogP) is 5.96. The Hall–Kier alpha value is -5.26. The molecule has 2 saturated heterocycles. The number of methoxy groups -OCH3 is 4. The number of carbonyl (C=O) groups excluding carboxylic acids is 4. The topological polar surface area (TPSA) is 175 Å². The van der Waals surface area contributed by atoms with Gasteiger partial charge in [-0.25, -0.2) is 9.59 Å². The number of H-pyrrole nitrogens is 1. The van der Waals surface area contributed by atoms with Crippen molar-refractivity contribution in [1.29, 1.82) is 0 Å². The van der Waals surface area contributed by atoms with Crippen molar-refractivity contribution in [3.8, 4) is 5.75 Å². The molecule has 10 rings (SSSR count). The lowest BCUT2D eigenvalue weighted by molar-refractivity contribution is -0.228. The minimum Gasteiger partial charge on any atom is -0.496 e. The molecule has 3 fully saturated rings. The monoisotopic (exact) mass is 1020 g/mol. The van der Waals surface area contributed by atoms with E-state index < -0.39 is 64.7 Å². The molecule has 16 nitrogen and oxygen atoms in total. The van der Waals surface area contributed by atoms with Crippen LogP contribution in [0.3, 0.4) is 0 Å². The SMILES string of the molecule is CCC1=C[C@@H]2CN(C1)[C@H](CN1CCC[C@H]1C(=O)N[C@H](C(=O)OC)C(C)CC)Cc1c([nH]c3ccccc13)[C@H](OC)[C@H]2c1cc2c(cc1OC)N(C)[C@H]1[C@@](O)(C(=O)OC)[C@H](OC(C)=O)[C@]3(CC)C=CCN4CC[C@]21[C@@H]43. The van der Waals surface area contributed by atoms with Gasteiger partial charge in [-0.2, -0.15) is 0 Å². The molecule has 400 valence electrons. The number of rotatable bonds is 14. The highest BCUT2D eigenvalue weighted by atomic mass is 16.6. The van der Waals surface area contributed by atoms with Crippen LogP contribution in [0.2, 0.25) is 0 Å². The van der Waals surface area contributed by atoms with E-state index in [0.29, 0.717) is 57.6 Å². The number of aromatic amines is 1. The first-order chi connectivity index (χ1) is 35.6. The molecule has 16 heteroatoms. The lowest BCUT2D eigenvalue weighted by Crippen LogP contribution is -2.81. The Morgan fingerprint density at radius 1 is 1.00 bits per heavy atom. The molecule has 7 aliphatic rings. The molecule has 0 radical (unpaired) electrons. The summed E-state index contributed by atoms with van der Waals surface area (Å²) in [6.45, 7) is 13.9. The van der Waals surface area contributed by atoms with Crippen LogP contribution < -0.4 is 15.0 Å². The summed E-state index contributed by atoms with van der Waals surface area (Å²) < 4.78 is 30.4. The number of amides is 1. The summed E-state index contributed by atoms with van der Waals surface area (Å²) in [7, 11) is 8.10. The number of ether oxygens (including phenoxy) is 5. The molecule has 2 unspecified atom stereocenters. The van der Waals surface area contributed by atoms with Gasteiger partial charge in [-0.05, 0) is 86.7 Å². The fraction of sp³-hybridized carbons (Fsp3) is 0.621. The van der Waals surface area contributed by atoms with Gasteiger partial charge in [-0.1, -0.05) is 76.1 Å². The highest BCUT2D eigenvalue weighted by Crippen LogP contribution is 2.68. The van der Waals surface area contributed by atoms with Crippen molar-refractivity contribution in [3.63, 3.8) is 0 Å². The minimum absolute atomic E-state index is 0.00550. The highest BCUT2D eigenvalue weighted by Gasteiger charge is 2.80. The Morgan fingerprint density at radius 2 is 1.78 bits per heavy atom. The number of aliphatic hydroxyl groups is 1. The molecule has 1 saturated carbocycles. The Morgan fingerprint density at radius 3 is 2.47 bits per heavy atom. The van der Waals surface area contributed by atoms with E-state index in [4.69, 9.17) is 23.7 Å². The van der Waals surface area contributed by atoms with Gasteiger partial charge in [0.05, 0.1) is 33.4 Å². The summed E-state index contributed by atoms with van der Waals surface area (Å²) in [4.78, 5) is 68.4. The molecule has 3 aromatic rings. The summed E-state index contributed by atoms with van der Waals surface area (Å²) in [5.41, 5.74) is 3.31. The van der Waals surface area contributed by atoms with Gasteiger partial charge in [0, 0.05) is 110 Å². The quantitative estimate of drug-likeness (QED) is 0.0981. The average Bonchev–Trinajstić information content (AvgIpc) is 4.24. The average molecular weight is 1020 g/mol. The van der Waals surface area contributed by atoms with Crippen LogP contribution in [0.25, 0.3) is 10.9 Å². The maximum Gasteiger partial charge on any atom is 0.344 e. The number of hydrogen-bond donors (Lipinski definition) is 3. The van der Waals surface area contributed by atoms with Crippen LogP contribution in [0.5, 0.6) is 5.75 Å². The number of nitrogens with zero attached hydrogens (tertiary/aromatic N) is 4. The summed E-state index contributed by atoms with van der Waals surface area (Å²) >= 11 is 0. The normalized spacial score (nSPS) is 34.0. The van der Waals surface area contributed by atoms with Crippen LogP contribution in [0.1, 0.15) is 108 Å². The zero-order valence-electron chi connectivity index (χ0n) is 45.1. The first-order valence-corrected chi connectivity index (χ1v) is 27.1. The number of benzene rings is 2. The predicted molar refractivity (Wildman–Crippen MR) is 281 cm³/mol. The molecule has 14 atom stereocenters. The van der Waals surface area contributed by atoms with E-state index in [1.807, 2.05) is 25.8 Å². The summed E-state index contributed by atoms with van der Waals surface area (Å²) in [6.07, 6.45) is 9.94. The van der Waals surface area contributed by atoms with E-state index in [1.165, 1.54) is 32.3 Å². The zero-order valence-corrected chi connectivity index (χ0v) is 45.1. The van der Waals surface area contributed by atoms with Gasteiger partial charge in [0.2, 0.25) is 11.5 Å². The molecule has 1 spiro atoms. The van der Waals surface area contributed by atoms with Crippen molar-refractivity contribution in [2.24, 2.45) is 17.3 Å². The number of esters is 3. The molecule has 1 aliphatic carbocycles. The van der Waals surface area contributed by atoms with E-state index in [1.54, 1.807) is 14.2 Å². The van der Waals surface area contributed by atoms with Gasteiger partial charge >= 0.3 is 17.9 Å². The number of nitrogens with one attached hydrogen (secondary N) is 2. The van der Waals surface area contributed by atoms with Crippen molar-refractivity contribution >= 4 is 40.4 Å². The van der Waals surface area contributed by atoms with E-state index in [-0.39, 0.29) is 35.7 Å². The zero-order chi connectivity index (χ0) is 52.6. The second-order valence-electron chi connectivity index (χ2n) is 22.4. The fourth-order valence-corrected chi connectivity index (χ4v) is 15.7. The fourth-order valence-electron chi connectivity index (χ4n) is 15.7. The van der Waals surface area contributed by atoms with Crippen molar-refractivity contribution in [2.45, 2.75) is 139 Å². The van der Waals surface area contributed by atoms with Crippen LogP contribution in [0.4, 0.5) is 5.69 Å². The summed E-state index contributed by atoms with van der Waals surface area (Å²) in [5.74, 6) is -1.76. The molecule has 2 aromatic carbocycles. The Labute approximate surface area is 436 Å². The largest absolute Gasteiger partial charge is 0.496 e. The number of anilines is 1. The molecular weight excluding hydrogens is 941 g/mol. The number of hydrogen-bond acceptors (Lipinski definition) is 14. The van der Waals surface area contributed by atoms with Gasteiger partial charge < -0.3 is 44.0 Å². The van der Waals surface area contributed by atoms with Crippen LogP contribution >= 0.6 is 0 Å². The number of likely N-dealkylation sites (tertiary alicyclic amines) is 1. The van der Waals surface area contributed by atoms with Crippen LogP contribution in [0.15, 0.2) is 60.2 Å². The first-order valence-electron chi connectivity index (χ1n) is 27.1. The van der Waals surface area contributed by atoms with E-state index in [0.717, 1.165) is 65.8 Å². The second kappa shape index (κ2) is 20.0. The van der Waals surface area contributed by atoms with Crippen LogP contribution in [-0.2, 0) is 50.0 Å². The molecule has 6 aliphatic heterocycles. The third-order valence-corrected chi connectivity index (χ3v) is 19.1. The highest BCUT2D eigenvalue weighted by molar-refractivity contribution is 5.89. The summed E-state index contributed by atoms with van der Waals surface area (Å²) in [5, 5.41) is 17.7. The molecule has 3 N–H and O–H groups in total. The van der Waals surface area contributed by atoms with E-state index >= 15 is 0 Å². The van der Waals surface area contributed by atoms with Crippen molar-refractivity contribution in [1.82, 2.24) is 25.0 Å². The number of carbonyl (C=O) groups is 4. The molecular formula is C58H78N6O10. The van der Waals surface area contributed by atoms with Gasteiger partial charge in [0.15, 0.2) is 6.10 Å². The molecule has 7 heterocycles. The Kier molecular flexibility index (Phi) is 14.1. The second-order valence-corrected chi connectivity index (χ2v) is 22.4. The van der Waals surface area contributed by atoms with Crippen LogP contribution in [-0.4, -0.2) is 165 Å². The minimum atomic E-state index is -2.26. The van der Waals surface area contributed by atoms with Gasteiger partial charge in [0.25, 0.3) is 0 Å². The smallest absolute Gasteiger partial charge is 0.344 e. The number of likely N-dealkylation sites (N-methyl/N-ethyl adjacent to an activating group) is 1. The van der Waals surface area contributed by atoms with Gasteiger partial charge in [-0.3, -0.25) is 24.3 Å². The lowest BCUT2D eigenvalue weighted by atomic mass is 9.47. The molecule has 1 aromatic heterocycles. The number of fused-ring (bicyclic) bond motifs is 6. The standard InChI is InChI=1S/C58H78N6O10/c1-11-33(4)47(51(67)72-9)60-50(66)43-20-16-23-63(43)32-37-27-39-38-18-14-15-19-42(38)59-48(39)49(71-8)46(36-26-35(12-2)30-64(37)31-36)40-28-41-44(29-45(40)70-7)61(6)53-57(41)22-25-62-24-17-21-56(13-3,52(57)62)54(74-34(5)65)58(53,69)55(68)73-10/h14-15,17-19,21,26,28-29,33,36-37,43,46-47,49,52-54,59,69H,11-13,16,20,22-25,27,30-32H2,1-10H3,(H,60,66)/t33?,36-,37+,43+,46-,47+,49-,52+,53-,54-,56-,57-,58+/m1/s1. The van der Waals surface area contributed by atoms with Crippen molar-refractivity contribution < 1.29 is 48.0 Å². The third-order valence-electron chi connectivity index (χ3n) is 19.1.